The second-order valence-electron chi connectivity index (χ2n) is 4.37. The molecule has 2 rings (SSSR count). The first-order chi connectivity index (χ1) is 9.08. The molecule has 0 aliphatic heterocycles. The molecular formula is C14H14BrN3O. The van der Waals surface area contributed by atoms with E-state index in [-0.39, 0.29) is 5.91 Å². The standard InChI is InChI=1S/C14H14BrN3O/c1-9(14(16)19)13-12(15)7-11(8-18-13)6-10-2-4-17-5-3-10/h2-5,7-9H,6H2,1H3,(H2,16,19). The SMILES string of the molecule is CC(C(N)=O)c1ncc(Cc2ccncc2)cc1Br. The molecule has 2 aromatic heterocycles. The zero-order valence-electron chi connectivity index (χ0n) is 10.5. The van der Waals surface area contributed by atoms with E-state index in [2.05, 4.69) is 25.9 Å². The fraction of sp³-hybridized carbons (Fsp3) is 0.214. The molecule has 0 aromatic carbocycles. The van der Waals surface area contributed by atoms with E-state index in [0.717, 1.165) is 16.5 Å². The van der Waals surface area contributed by atoms with Crippen LogP contribution in [0.3, 0.4) is 0 Å². The molecule has 0 fully saturated rings. The molecule has 98 valence electrons. The van der Waals surface area contributed by atoms with Crippen LogP contribution in [0.15, 0.2) is 41.3 Å². The van der Waals surface area contributed by atoms with Crippen LogP contribution < -0.4 is 5.73 Å². The molecule has 2 N–H and O–H groups in total. The van der Waals surface area contributed by atoms with E-state index in [0.29, 0.717) is 5.69 Å². The first kappa shape index (κ1) is 13.7. The molecule has 0 bridgehead atoms. The van der Waals surface area contributed by atoms with Gasteiger partial charge in [-0.25, -0.2) is 0 Å². The van der Waals surface area contributed by atoms with E-state index >= 15 is 0 Å². The van der Waals surface area contributed by atoms with Gasteiger partial charge in [0.05, 0.1) is 11.6 Å². The van der Waals surface area contributed by atoms with Crippen molar-refractivity contribution in [2.75, 3.05) is 0 Å². The number of carbonyl (C=O) groups excluding carboxylic acids is 1. The molecule has 0 aliphatic rings. The van der Waals surface area contributed by atoms with Crippen molar-refractivity contribution in [1.29, 1.82) is 0 Å². The number of pyridine rings is 2. The quantitative estimate of drug-likeness (QED) is 0.940. The third-order valence-corrected chi connectivity index (χ3v) is 3.56. The average molecular weight is 320 g/mol. The topological polar surface area (TPSA) is 68.9 Å². The van der Waals surface area contributed by atoms with Gasteiger partial charge in [0, 0.05) is 23.1 Å². The molecule has 19 heavy (non-hydrogen) atoms. The number of primary amides is 1. The summed E-state index contributed by atoms with van der Waals surface area (Å²) >= 11 is 3.45. The van der Waals surface area contributed by atoms with Crippen LogP contribution in [0.1, 0.15) is 29.7 Å². The Balaban J connectivity index is 2.22. The fourth-order valence-electron chi connectivity index (χ4n) is 1.77. The lowest BCUT2D eigenvalue weighted by molar-refractivity contribution is -0.119. The maximum absolute atomic E-state index is 11.2. The number of nitrogens with two attached hydrogens (primary N) is 1. The van der Waals surface area contributed by atoms with Crippen molar-refractivity contribution in [3.05, 3.63) is 58.1 Å². The summed E-state index contributed by atoms with van der Waals surface area (Å²) in [6.45, 7) is 1.75. The van der Waals surface area contributed by atoms with E-state index in [1.165, 1.54) is 5.56 Å². The highest BCUT2D eigenvalue weighted by Crippen LogP contribution is 2.24. The minimum atomic E-state index is -0.399. The van der Waals surface area contributed by atoms with Crippen LogP contribution in [0.4, 0.5) is 0 Å². The van der Waals surface area contributed by atoms with Gasteiger partial charge in [0.25, 0.3) is 0 Å². The number of nitrogens with zero attached hydrogens (tertiary/aromatic N) is 2. The summed E-state index contributed by atoms with van der Waals surface area (Å²) < 4.78 is 0.811. The first-order valence-electron chi connectivity index (χ1n) is 5.90. The summed E-state index contributed by atoms with van der Waals surface area (Å²) in [5, 5.41) is 0. The molecule has 5 heteroatoms. The molecule has 4 nitrogen and oxygen atoms in total. The van der Waals surface area contributed by atoms with Gasteiger partial charge < -0.3 is 5.73 Å². The number of hydrogen-bond acceptors (Lipinski definition) is 3. The van der Waals surface area contributed by atoms with Crippen molar-refractivity contribution in [2.45, 2.75) is 19.3 Å². The molecule has 0 saturated carbocycles. The van der Waals surface area contributed by atoms with Crippen molar-refractivity contribution in [1.82, 2.24) is 9.97 Å². The highest BCUT2D eigenvalue weighted by Gasteiger charge is 2.16. The summed E-state index contributed by atoms with van der Waals surface area (Å²) in [4.78, 5) is 19.5. The molecule has 2 heterocycles. The summed E-state index contributed by atoms with van der Waals surface area (Å²) in [6.07, 6.45) is 6.09. The maximum Gasteiger partial charge on any atom is 0.226 e. The summed E-state index contributed by atoms with van der Waals surface area (Å²) in [6, 6.07) is 5.91. The Morgan fingerprint density at radius 3 is 2.63 bits per heavy atom. The highest BCUT2D eigenvalue weighted by atomic mass is 79.9. The normalized spacial score (nSPS) is 12.1. The van der Waals surface area contributed by atoms with Crippen molar-refractivity contribution >= 4 is 21.8 Å². The Morgan fingerprint density at radius 2 is 2.05 bits per heavy atom. The van der Waals surface area contributed by atoms with E-state index in [1.54, 1.807) is 25.5 Å². The van der Waals surface area contributed by atoms with Crippen LogP contribution >= 0.6 is 15.9 Å². The maximum atomic E-state index is 11.2. The largest absolute Gasteiger partial charge is 0.369 e. The highest BCUT2D eigenvalue weighted by molar-refractivity contribution is 9.10. The van der Waals surface area contributed by atoms with Crippen LogP contribution in [0.5, 0.6) is 0 Å². The van der Waals surface area contributed by atoms with Gasteiger partial charge >= 0.3 is 0 Å². The van der Waals surface area contributed by atoms with Crippen LogP contribution in [0.2, 0.25) is 0 Å². The predicted octanol–water partition coefficient (Wildman–Crippen LogP) is 2.42. The minimum Gasteiger partial charge on any atom is -0.369 e. The van der Waals surface area contributed by atoms with Crippen LogP contribution in [0.25, 0.3) is 0 Å². The third kappa shape index (κ3) is 3.38. The Kier molecular flexibility index (Phi) is 4.27. The van der Waals surface area contributed by atoms with Crippen LogP contribution in [-0.4, -0.2) is 15.9 Å². The number of hydrogen-bond donors (Lipinski definition) is 1. The van der Waals surface area contributed by atoms with Gasteiger partial charge in [-0.15, -0.1) is 0 Å². The van der Waals surface area contributed by atoms with E-state index in [4.69, 9.17) is 5.73 Å². The van der Waals surface area contributed by atoms with Gasteiger partial charge in [-0.05, 0) is 58.6 Å². The number of carbonyl (C=O) groups is 1. The van der Waals surface area contributed by atoms with E-state index in [1.807, 2.05) is 18.2 Å². The number of aromatic nitrogens is 2. The lowest BCUT2D eigenvalue weighted by atomic mass is 10.0. The Labute approximate surface area is 120 Å². The zero-order valence-corrected chi connectivity index (χ0v) is 12.1. The van der Waals surface area contributed by atoms with Gasteiger partial charge in [0.1, 0.15) is 0 Å². The smallest absolute Gasteiger partial charge is 0.226 e. The van der Waals surface area contributed by atoms with Crippen LogP contribution in [0, 0.1) is 0 Å². The van der Waals surface area contributed by atoms with Gasteiger partial charge in [-0.2, -0.15) is 0 Å². The van der Waals surface area contributed by atoms with Crippen molar-refractivity contribution in [3.8, 4) is 0 Å². The minimum absolute atomic E-state index is 0.380. The second-order valence-corrected chi connectivity index (χ2v) is 5.22. The predicted molar refractivity (Wildman–Crippen MR) is 76.6 cm³/mol. The lowest BCUT2D eigenvalue weighted by Crippen LogP contribution is -2.20. The lowest BCUT2D eigenvalue weighted by Gasteiger charge is -2.10. The molecule has 0 aliphatic carbocycles. The number of halogens is 1. The first-order valence-corrected chi connectivity index (χ1v) is 6.69. The molecule has 1 atom stereocenters. The summed E-state index contributed by atoms with van der Waals surface area (Å²) in [7, 11) is 0. The Bertz CT molecular complexity index is 586. The van der Waals surface area contributed by atoms with Gasteiger partial charge in [0.15, 0.2) is 0 Å². The molecule has 2 aromatic rings. The number of rotatable bonds is 4. The third-order valence-electron chi connectivity index (χ3n) is 2.92. The van der Waals surface area contributed by atoms with Crippen molar-refractivity contribution in [3.63, 3.8) is 0 Å². The molecule has 0 spiro atoms. The molecule has 0 saturated heterocycles. The molecular weight excluding hydrogens is 306 g/mol. The van der Waals surface area contributed by atoms with Crippen LogP contribution in [-0.2, 0) is 11.2 Å². The second kappa shape index (κ2) is 5.93. The monoisotopic (exact) mass is 319 g/mol. The fourth-order valence-corrected chi connectivity index (χ4v) is 2.51. The molecule has 1 unspecified atom stereocenters. The van der Waals surface area contributed by atoms with Gasteiger partial charge in [0.2, 0.25) is 5.91 Å². The van der Waals surface area contributed by atoms with Gasteiger partial charge in [-0.1, -0.05) is 0 Å². The Hall–Kier alpha value is -1.75. The average Bonchev–Trinajstić information content (AvgIpc) is 2.39. The summed E-state index contributed by atoms with van der Waals surface area (Å²) in [5.74, 6) is -0.778. The van der Waals surface area contributed by atoms with E-state index < -0.39 is 5.92 Å². The van der Waals surface area contributed by atoms with Gasteiger partial charge in [-0.3, -0.25) is 14.8 Å². The van der Waals surface area contributed by atoms with Crippen molar-refractivity contribution in [2.24, 2.45) is 5.73 Å². The molecule has 1 amide bonds. The van der Waals surface area contributed by atoms with Crippen molar-refractivity contribution < 1.29 is 4.79 Å². The molecule has 0 radical (unpaired) electrons. The Morgan fingerprint density at radius 1 is 1.37 bits per heavy atom. The zero-order chi connectivity index (χ0) is 13.8. The summed E-state index contributed by atoms with van der Waals surface area (Å²) in [5.41, 5.74) is 8.20. The van der Waals surface area contributed by atoms with E-state index in [9.17, 15) is 4.79 Å². The number of amides is 1.